The Bertz CT molecular complexity index is 430. The molecule has 21 heavy (non-hydrogen) atoms. The van der Waals surface area contributed by atoms with E-state index >= 15 is 0 Å². The van der Waals surface area contributed by atoms with E-state index in [9.17, 15) is 0 Å². The molecule has 4 heteroatoms. The van der Waals surface area contributed by atoms with Gasteiger partial charge in [0.25, 0.3) is 0 Å². The lowest BCUT2D eigenvalue weighted by molar-refractivity contribution is 0.529. The van der Waals surface area contributed by atoms with Crippen LogP contribution in [0.1, 0.15) is 69.9 Å². The fraction of sp³-hybridized carbons (Fsp3) is 0.824. The minimum atomic E-state index is 0.567. The first kappa shape index (κ1) is 16.8. The maximum atomic E-state index is 5.01. The molecule has 0 spiro atoms. The van der Waals surface area contributed by atoms with Gasteiger partial charge >= 0.3 is 0 Å². The molecule has 1 aromatic heterocycles. The van der Waals surface area contributed by atoms with Crippen LogP contribution in [0.25, 0.3) is 0 Å². The number of rotatable bonds is 8. The predicted octanol–water partition coefficient (Wildman–Crippen LogP) is 4.39. The third-order valence-corrected chi connectivity index (χ3v) is 5.72. The summed E-state index contributed by atoms with van der Waals surface area (Å²) < 4.78 is 0. The summed E-state index contributed by atoms with van der Waals surface area (Å²) in [6.07, 6.45) is 5.18. The first-order valence-corrected chi connectivity index (χ1v) is 9.46. The van der Waals surface area contributed by atoms with Crippen LogP contribution >= 0.6 is 11.3 Å². The maximum Gasteiger partial charge on any atom is 0.185 e. The lowest BCUT2D eigenvalue weighted by Crippen LogP contribution is -2.19. The van der Waals surface area contributed by atoms with Crippen LogP contribution in [0.2, 0.25) is 0 Å². The predicted molar refractivity (Wildman–Crippen MR) is 93.4 cm³/mol. The van der Waals surface area contributed by atoms with Gasteiger partial charge in [-0.1, -0.05) is 34.1 Å². The lowest BCUT2D eigenvalue weighted by Gasteiger charge is -2.14. The van der Waals surface area contributed by atoms with E-state index in [4.69, 9.17) is 4.98 Å². The molecule has 1 saturated heterocycles. The average molecular weight is 310 g/mol. The monoisotopic (exact) mass is 309 g/mol. The Balaban J connectivity index is 2.11. The van der Waals surface area contributed by atoms with Gasteiger partial charge in [-0.25, -0.2) is 4.98 Å². The summed E-state index contributed by atoms with van der Waals surface area (Å²) in [4.78, 5) is 8.98. The SMILES string of the molecule is CCCC1CCN(c2nc(C(C)CC)c(CNCC)s2)C1. The van der Waals surface area contributed by atoms with Crippen molar-refractivity contribution in [3.63, 3.8) is 0 Å². The fourth-order valence-electron chi connectivity index (χ4n) is 3.08. The van der Waals surface area contributed by atoms with E-state index in [2.05, 4.69) is 37.9 Å². The molecule has 2 rings (SSSR count). The van der Waals surface area contributed by atoms with Crippen LogP contribution in [0, 0.1) is 5.92 Å². The van der Waals surface area contributed by atoms with E-state index in [-0.39, 0.29) is 0 Å². The molecular weight excluding hydrogens is 278 g/mol. The van der Waals surface area contributed by atoms with E-state index < -0.39 is 0 Å². The third kappa shape index (κ3) is 4.19. The Morgan fingerprint density at radius 2 is 2.19 bits per heavy atom. The van der Waals surface area contributed by atoms with Crippen LogP contribution in [-0.4, -0.2) is 24.6 Å². The van der Waals surface area contributed by atoms with Crippen molar-refractivity contribution in [2.45, 2.75) is 65.8 Å². The molecule has 1 N–H and O–H groups in total. The Labute approximate surface area is 134 Å². The largest absolute Gasteiger partial charge is 0.348 e. The number of thiazole rings is 1. The molecule has 1 aliphatic heterocycles. The van der Waals surface area contributed by atoms with Crippen molar-refractivity contribution in [2.75, 3.05) is 24.5 Å². The molecule has 2 heterocycles. The molecule has 1 aromatic rings. The number of hydrogen-bond acceptors (Lipinski definition) is 4. The maximum absolute atomic E-state index is 5.01. The summed E-state index contributed by atoms with van der Waals surface area (Å²) >= 11 is 1.91. The van der Waals surface area contributed by atoms with Gasteiger partial charge in [0.2, 0.25) is 0 Å². The van der Waals surface area contributed by atoms with Crippen LogP contribution < -0.4 is 10.2 Å². The zero-order valence-electron chi connectivity index (χ0n) is 14.1. The van der Waals surface area contributed by atoms with Crippen molar-refractivity contribution in [1.29, 1.82) is 0 Å². The quantitative estimate of drug-likeness (QED) is 0.772. The Morgan fingerprint density at radius 3 is 2.86 bits per heavy atom. The Morgan fingerprint density at radius 1 is 1.38 bits per heavy atom. The molecule has 1 fully saturated rings. The molecule has 0 aromatic carbocycles. The third-order valence-electron chi connectivity index (χ3n) is 4.58. The van der Waals surface area contributed by atoms with Crippen molar-refractivity contribution in [3.8, 4) is 0 Å². The highest BCUT2D eigenvalue weighted by molar-refractivity contribution is 7.15. The van der Waals surface area contributed by atoms with Crippen LogP contribution in [0.15, 0.2) is 0 Å². The zero-order valence-corrected chi connectivity index (χ0v) is 14.9. The summed E-state index contributed by atoms with van der Waals surface area (Å²) in [7, 11) is 0. The molecule has 0 amide bonds. The van der Waals surface area contributed by atoms with E-state index in [0.29, 0.717) is 5.92 Å². The van der Waals surface area contributed by atoms with Gasteiger partial charge in [-0.15, -0.1) is 11.3 Å². The van der Waals surface area contributed by atoms with Gasteiger partial charge in [-0.05, 0) is 37.6 Å². The van der Waals surface area contributed by atoms with Crippen LogP contribution in [0.3, 0.4) is 0 Å². The topological polar surface area (TPSA) is 28.2 Å². The summed E-state index contributed by atoms with van der Waals surface area (Å²) in [6, 6.07) is 0. The average Bonchev–Trinajstić information content (AvgIpc) is 3.11. The highest BCUT2D eigenvalue weighted by Crippen LogP contribution is 2.35. The van der Waals surface area contributed by atoms with Gasteiger partial charge in [-0.2, -0.15) is 0 Å². The second-order valence-electron chi connectivity index (χ2n) is 6.28. The van der Waals surface area contributed by atoms with Gasteiger partial charge < -0.3 is 10.2 Å². The second-order valence-corrected chi connectivity index (χ2v) is 7.35. The van der Waals surface area contributed by atoms with E-state index in [0.717, 1.165) is 19.0 Å². The van der Waals surface area contributed by atoms with E-state index in [1.54, 1.807) is 0 Å². The Hall–Kier alpha value is -0.610. The number of aromatic nitrogens is 1. The van der Waals surface area contributed by atoms with Crippen molar-refractivity contribution in [2.24, 2.45) is 5.92 Å². The molecule has 3 nitrogen and oxygen atoms in total. The molecular formula is C17H31N3S. The second kappa shape index (κ2) is 8.14. The Kier molecular flexibility index (Phi) is 6.49. The molecule has 0 radical (unpaired) electrons. The smallest absolute Gasteiger partial charge is 0.185 e. The van der Waals surface area contributed by atoms with E-state index in [1.165, 1.54) is 54.5 Å². The van der Waals surface area contributed by atoms with Crippen LogP contribution in [-0.2, 0) is 6.54 Å². The molecule has 2 atom stereocenters. The molecule has 0 aliphatic carbocycles. The minimum Gasteiger partial charge on any atom is -0.348 e. The summed E-state index contributed by atoms with van der Waals surface area (Å²) in [5.41, 5.74) is 1.33. The van der Waals surface area contributed by atoms with Crippen LogP contribution in [0.5, 0.6) is 0 Å². The van der Waals surface area contributed by atoms with Gasteiger partial charge in [0.1, 0.15) is 0 Å². The fourth-order valence-corrected chi connectivity index (χ4v) is 4.26. The van der Waals surface area contributed by atoms with Crippen molar-refractivity contribution < 1.29 is 0 Å². The van der Waals surface area contributed by atoms with Gasteiger partial charge in [0.15, 0.2) is 5.13 Å². The molecule has 0 bridgehead atoms. The summed E-state index contributed by atoms with van der Waals surface area (Å²) in [5.74, 6) is 1.45. The van der Waals surface area contributed by atoms with Crippen LogP contribution in [0.4, 0.5) is 5.13 Å². The van der Waals surface area contributed by atoms with Gasteiger partial charge in [0, 0.05) is 24.5 Å². The van der Waals surface area contributed by atoms with Gasteiger partial charge in [0.05, 0.1) is 5.69 Å². The lowest BCUT2D eigenvalue weighted by atomic mass is 10.0. The number of anilines is 1. The molecule has 2 unspecified atom stereocenters. The number of hydrogen-bond donors (Lipinski definition) is 1. The molecule has 120 valence electrons. The summed E-state index contributed by atoms with van der Waals surface area (Å²) in [5, 5.41) is 4.73. The minimum absolute atomic E-state index is 0.567. The van der Waals surface area contributed by atoms with Crippen molar-refractivity contribution >= 4 is 16.5 Å². The standard InChI is InChI=1S/C17H31N3S/c1-5-8-14-9-10-20(12-14)17-19-16(13(4)6-2)15(21-17)11-18-7-3/h13-14,18H,5-12H2,1-4H3. The first-order chi connectivity index (χ1) is 10.2. The molecule has 0 saturated carbocycles. The number of nitrogens with zero attached hydrogens (tertiary/aromatic N) is 2. The van der Waals surface area contributed by atoms with E-state index in [1.807, 2.05) is 11.3 Å². The number of nitrogens with one attached hydrogen (secondary N) is 1. The highest BCUT2D eigenvalue weighted by atomic mass is 32.1. The summed E-state index contributed by atoms with van der Waals surface area (Å²) in [6.45, 7) is 13.4. The zero-order chi connectivity index (χ0) is 15.2. The normalized spacial score (nSPS) is 20.2. The van der Waals surface area contributed by atoms with Crippen molar-refractivity contribution in [3.05, 3.63) is 10.6 Å². The first-order valence-electron chi connectivity index (χ1n) is 8.64. The van der Waals surface area contributed by atoms with Crippen molar-refractivity contribution in [1.82, 2.24) is 10.3 Å². The highest BCUT2D eigenvalue weighted by Gasteiger charge is 2.26. The van der Waals surface area contributed by atoms with Gasteiger partial charge in [-0.3, -0.25) is 0 Å². The molecule has 1 aliphatic rings.